The smallest absolute Gasteiger partial charge is 0.134 e. The number of benzene rings is 1. The number of aliphatic hydroxyl groups excluding tert-OH is 1. The van der Waals surface area contributed by atoms with Gasteiger partial charge in [-0.25, -0.2) is 0 Å². The van der Waals surface area contributed by atoms with Crippen LogP contribution in [0.3, 0.4) is 0 Å². The zero-order chi connectivity index (χ0) is 12.4. The number of furan rings is 1. The molecule has 0 spiro atoms. The predicted octanol–water partition coefficient (Wildman–Crippen LogP) is 2.83. The Morgan fingerprint density at radius 3 is 2.78 bits per heavy atom. The largest absolute Gasteiger partial charge is 0.464 e. The molecule has 2 aromatic rings. The van der Waals surface area contributed by atoms with Gasteiger partial charge in [-0.2, -0.15) is 0 Å². The van der Waals surface area contributed by atoms with Gasteiger partial charge in [0.1, 0.15) is 5.58 Å². The fraction of sp³-hybridized carbons (Fsp3) is 0.467. The summed E-state index contributed by atoms with van der Waals surface area (Å²) in [6, 6.07) is 8.07. The Hall–Kier alpha value is -1.32. The van der Waals surface area contributed by atoms with Gasteiger partial charge in [0, 0.05) is 23.0 Å². The van der Waals surface area contributed by atoms with Crippen LogP contribution in [0.4, 0.5) is 0 Å². The van der Waals surface area contributed by atoms with Crippen molar-refractivity contribution in [2.24, 2.45) is 0 Å². The Morgan fingerprint density at radius 2 is 2.00 bits per heavy atom. The molecule has 3 rings (SSSR count). The highest BCUT2D eigenvalue weighted by Crippen LogP contribution is 2.30. The molecule has 0 atom stereocenters. The Morgan fingerprint density at radius 1 is 1.22 bits per heavy atom. The van der Waals surface area contributed by atoms with Crippen LogP contribution < -0.4 is 5.32 Å². The number of hydrogen-bond acceptors (Lipinski definition) is 3. The minimum Gasteiger partial charge on any atom is -0.464 e. The molecule has 96 valence electrons. The lowest BCUT2D eigenvalue weighted by Crippen LogP contribution is -2.45. The van der Waals surface area contributed by atoms with Gasteiger partial charge in [0.25, 0.3) is 0 Å². The second kappa shape index (κ2) is 4.75. The van der Waals surface area contributed by atoms with Crippen molar-refractivity contribution < 1.29 is 9.52 Å². The number of aliphatic hydroxyl groups is 1. The van der Waals surface area contributed by atoms with Gasteiger partial charge in [0.2, 0.25) is 0 Å². The standard InChI is InChI=1S/C15H19NO2/c17-11-15(7-3-4-8-15)16-9-12-10-18-14-6-2-1-5-13(12)14/h1-2,5-6,10,16-17H,3-4,7-9,11H2. The molecule has 1 aromatic heterocycles. The van der Waals surface area contributed by atoms with E-state index in [1.165, 1.54) is 18.4 Å². The Kier molecular flexibility index (Phi) is 3.10. The Balaban J connectivity index is 1.76. The van der Waals surface area contributed by atoms with E-state index in [0.717, 1.165) is 30.4 Å². The molecule has 3 nitrogen and oxygen atoms in total. The summed E-state index contributed by atoms with van der Waals surface area (Å²) < 4.78 is 5.53. The molecule has 1 aliphatic carbocycles. The van der Waals surface area contributed by atoms with Crippen molar-refractivity contribution in [1.29, 1.82) is 0 Å². The molecule has 2 N–H and O–H groups in total. The lowest BCUT2D eigenvalue weighted by Gasteiger charge is -2.27. The summed E-state index contributed by atoms with van der Waals surface area (Å²) in [4.78, 5) is 0. The van der Waals surface area contributed by atoms with Crippen LogP contribution in [0, 0.1) is 0 Å². The molecule has 0 bridgehead atoms. The minimum atomic E-state index is -0.0711. The fourth-order valence-electron chi connectivity index (χ4n) is 2.89. The second-order valence-electron chi connectivity index (χ2n) is 5.26. The molecular weight excluding hydrogens is 226 g/mol. The summed E-state index contributed by atoms with van der Waals surface area (Å²) in [6.07, 6.45) is 6.37. The predicted molar refractivity (Wildman–Crippen MR) is 71.3 cm³/mol. The molecule has 1 fully saturated rings. The van der Waals surface area contributed by atoms with Crippen LogP contribution in [0.15, 0.2) is 34.9 Å². The zero-order valence-corrected chi connectivity index (χ0v) is 10.5. The molecule has 1 heterocycles. The molecule has 1 saturated carbocycles. The maximum atomic E-state index is 9.57. The van der Waals surface area contributed by atoms with Crippen molar-refractivity contribution in [3.63, 3.8) is 0 Å². The Bertz CT molecular complexity index is 526. The molecule has 1 aromatic carbocycles. The number of para-hydroxylation sites is 1. The molecular formula is C15H19NO2. The quantitative estimate of drug-likeness (QED) is 0.870. The number of fused-ring (bicyclic) bond motifs is 1. The van der Waals surface area contributed by atoms with Gasteiger partial charge < -0.3 is 14.8 Å². The van der Waals surface area contributed by atoms with Crippen LogP contribution in [-0.2, 0) is 6.54 Å². The first kappa shape index (κ1) is 11.8. The van der Waals surface area contributed by atoms with Gasteiger partial charge in [-0.05, 0) is 18.9 Å². The highest BCUT2D eigenvalue weighted by atomic mass is 16.3. The number of nitrogens with one attached hydrogen (secondary N) is 1. The van der Waals surface area contributed by atoms with E-state index in [2.05, 4.69) is 11.4 Å². The van der Waals surface area contributed by atoms with Crippen molar-refractivity contribution in [3.05, 3.63) is 36.1 Å². The number of hydrogen-bond donors (Lipinski definition) is 2. The summed E-state index contributed by atoms with van der Waals surface area (Å²) in [7, 11) is 0. The fourth-order valence-corrected chi connectivity index (χ4v) is 2.89. The van der Waals surface area contributed by atoms with E-state index >= 15 is 0 Å². The normalized spacial score (nSPS) is 18.5. The summed E-state index contributed by atoms with van der Waals surface area (Å²) in [6.45, 7) is 0.986. The van der Waals surface area contributed by atoms with E-state index in [1.54, 1.807) is 0 Å². The average Bonchev–Trinajstić information content (AvgIpc) is 3.04. The van der Waals surface area contributed by atoms with Crippen LogP contribution in [0.5, 0.6) is 0 Å². The lowest BCUT2D eigenvalue weighted by atomic mass is 9.98. The van der Waals surface area contributed by atoms with Gasteiger partial charge in [-0.3, -0.25) is 0 Å². The van der Waals surface area contributed by atoms with Crippen LogP contribution in [0.2, 0.25) is 0 Å². The van der Waals surface area contributed by atoms with E-state index in [1.807, 2.05) is 24.5 Å². The molecule has 0 amide bonds. The summed E-state index contributed by atoms with van der Waals surface area (Å²) >= 11 is 0. The summed E-state index contributed by atoms with van der Waals surface area (Å²) in [5.74, 6) is 0. The highest BCUT2D eigenvalue weighted by Gasteiger charge is 2.32. The van der Waals surface area contributed by atoms with Gasteiger partial charge in [-0.1, -0.05) is 31.0 Å². The molecule has 3 heteroatoms. The first-order valence-corrected chi connectivity index (χ1v) is 6.64. The molecule has 0 aliphatic heterocycles. The Labute approximate surface area is 107 Å². The zero-order valence-electron chi connectivity index (χ0n) is 10.5. The van der Waals surface area contributed by atoms with Crippen molar-refractivity contribution >= 4 is 11.0 Å². The van der Waals surface area contributed by atoms with Crippen LogP contribution in [0.25, 0.3) is 11.0 Å². The van der Waals surface area contributed by atoms with Gasteiger partial charge in [0.15, 0.2) is 0 Å². The van der Waals surface area contributed by atoms with Crippen LogP contribution in [0.1, 0.15) is 31.2 Å². The third kappa shape index (κ3) is 2.04. The van der Waals surface area contributed by atoms with Crippen molar-refractivity contribution in [2.45, 2.75) is 37.8 Å². The van der Waals surface area contributed by atoms with E-state index in [-0.39, 0.29) is 12.1 Å². The average molecular weight is 245 g/mol. The SMILES string of the molecule is OCC1(NCc2coc3ccccc23)CCCC1. The monoisotopic (exact) mass is 245 g/mol. The lowest BCUT2D eigenvalue weighted by molar-refractivity contribution is 0.163. The van der Waals surface area contributed by atoms with E-state index in [9.17, 15) is 5.11 Å². The van der Waals surface area contributed by atoms with E-state index in [4.69, 9.17) is 4.42 Å². The van der Waals surface area contributed by atoms with E-state index in [0.29, 0.717) is 0 Å². The van der Waals surface area contributed by atoms with Gasteiger partial charge in [-0.15, -0.1) is 0 Å². The maximum Gasteiger partial charge on any atom is 0.134 e. The van der Waals surface area contributed by atoms with Crippen LogP contribution >= 0.6 is 0 Å². The summed E-state index contributed by atoms with van der Waals surface area (Å²) in [5, 5.41) is 14.3. The molecule has 1 aliphatic rings. The highest BCUT2D eigenvalue weighted by molar-refractivity contribution is 5.80. The van der Waals surface area contributed by atoms with E-state index < -0.39 is 0 Å². The summed E-state index contributed by atoms with van der Waals surface area (Å²) in [5.41, 5.74) is 2.03. The van der Waals surface area contributed by atoms with Gasteiger partial charge >= 0.3 is 0 Å². The first-order valence-electron chi connectivity index (χ1n) is 6.64. The number of rotatable bonds is 4. The third-order valence-corrected chi connectivity index (χ3v) is 4.08. The van der Waals surface area contributed by atoms with Crippen molar-refractivity contribution in [3.8, 4) is 0 Å². The minimum absolute atomic E-state index is 0.0711. The maximum absolute atomic E-state index is 9.57. The van der Waals surface area contributed by atoms with Crippen molar-refractivity contribution in [1.82, 2.24) is 5.32 Å². The second-order valence-corrected chi connectivity index (χ2v) is 5.26. The third-order valence-electron chi connectivity index (χ3n) is 4.08. The van der Waals surface area contributed by atoms with Gasteiger partial charge in [0.05, 0.1) is 12.9 Å². The molecule has 0 unspecified atom stereocenters. The topological polar surface area (TPSA) is 45.4 Å². The van der Waals surface area contributed by atoms with Crippen LogP contribution in [-0.4, -0.2) is 17.3 Å². The molecule has 0 radical (unpaired) electrons. The first-order chi connectivity index (χ1) is 8.83. The molecule has 0 saturated heterocycles. The molecule has 18 heavy (non-hydrogen) atoms. The van der Waals surface area contributed by atoms with Crippen molar-refractivity contribution in [2.75, 3.05) is 6.61 Å².